The lowest BCUT2D eigenvalue weighted by molar-refractivity contribution is -0.123. The molecule has 1 amide bonds. The average molecular weight is 306 g/mol. The van der Waals surface area contributed by atoms with Gasteiger partial charge in [-0.3, -0.25) is 4.79 Å². The van der Waals surface area contributed by atoms with Gasteiger partial charge in [-0.25, -0.2) is 13.1 Å². The maximum Gasteiger partial charge on any atom is 0.238 e. The van der Waals surface area contributed by atoms with E-state index in [9.17, 15) is 13.2 Å². The predicted molar refractivity (Wildman–Crippen MR) is 77.6 cm³/mol. The van der Waals surface area contributed by atoms with Gasteiger partial charge in [0.15, 0.2) is 0 Å². The summed E-state index contributed by atoms with van der Waals surface area (Å²) in [6.45, 7) is 4.51. The number of amides is 1. The highest BCUT2D eigenvalue weighted by Crippen LogP contribution is 2.47. The van der Waals surface area contributed by atoms with Crippen molar-refractivity contribution in [2.45, 2.75) is 45.6 Å². The highest BCUT2D eigenvalue weighted by atomic mass is 32.2. The van der Waals surface area contributed by atoms with Crippen molar-refractivity contribution in [3.63, 3.8) is 0 Å². The number of rotatable bonds is 9. The molecule has 1 aliphatic rings. The van der Waals surface area contributed by atoms with Crippen molar-refractivity contribution in [2.24, 2.45) is 11.3 Å². The van der Waals surface area contributed by atoms with Crippen molar-refractivity contribution in [3.05, 3.63) is 0 Å². The Morgan fingerprint density at radius 1 is 1.35 bits per heavy atom. The largest absolute Gasteiger partial charge is 0.396 e. The third-order valence-electron chi connectivity index (χ3n) is 3.62. The lowest BCUT2D eigenvalue weighted by Crippen LogP contribution is -2.48. The first kappa shape index (κ1) is 17.4. The minimum absolute atomic E-state index is 0.0257. The number of carbonyl (C=O) groups excluding carboxylic acids is 1. The Kier molecular flexibility index (Phi) is 5.97. The van der Waals surface area contributed by atoms with E-state index in [0.29, 0.717) is 19.4 Å². The Labute approximate surface area is 121 Å². The van der Waals surface area contributed by atoms with Gasteiger partial charge in [-0.05, 0) is 37.0 Å². The van der Waals surface area contributed by atoms with Gasteiger partial charge in [-0.2, -0.15) is 0 Å². The maximum atomic E-state index is 12.1. The molecule has 0 aromatic carbocycles. The molecule has 0 heterocycles. The van der Waals surface area contributed by atoms with Crippen LogP contribution in [0.2, 0.25) is 0 Å². The van der Waals surface area contributed by atoms with Crippen molar-refractivity contribution in [1.29, 1.82) is 0 Å². The summed E-state index contributed by atoms with van der Waals surface area (Å²) in [5.74, 6) is -0.0688. The SMILES string of the molecule is CC(C)CC(NS(C)(=O)=O)C(=O)NCC1(CCO)CC1. The fraction of sp³-hybridized carbons (Fsp3) is 0.923. The van der Waals surface area contributed by atoms with E-state index in [1.54, 1.807) is 0 Å². The summed E-state index contributed by atoms with van der Waals surface area (Å²) in [5, 5.41) is 11.8. The van der Waals surface area contributed by atoms with Crippen LogP contribution in [0.4, 0.5) is 0 Å². The normalized spacial score (nSPS) is 18.9. The molecule has 0 aromatic rings. The minimum atomic E-state index is -3.41. The second-order valence-electron chi connectivity index (χ2n) is 6.26. The first-order chi connectivity index (χ1) is 9.17. The Morgan fingerprint density at radius 3 is 2.35 bits per heavy atom. The molecule has 0 aliphatic heterocycles. The van der Waals surface area contributed by atoms with Gasteiger partial charge in [-0.15, -0.1) is 0 Å². The molecule has 0 aromatic heterocycles. The molecule has 20 heavy (non-hydrogen) atoms. The van der Waals surface area contributed by atoms with E-state index in [2.05, 4.69) is 10.0 Å². The van der Waals surface area contributed by atoms with Crippen LogP contribution in [0.3, 0.4) is 0 Å². The van der Waals surface area contributed by atoms with Crippen LogP contribution < -0.4 is 10.0 Å². The van der Waals surface area contributed by atoms with Crippen LogP contribution in [0.15, 0.2) is 0 Å². The van der Waals surface area contributed by atoms with Crippen molar-refractivity contribution in [2.75, 3.05) is 19.4 Å². The molecule has 6 nitrogen and oxygen atoms in total. The maximum absolute atomic E-state index is 12.1. The standard InChI is InChI=1S/C13H26N2O4S/c1-10(2)8-11(15-20(3,18)19)12(17)14-9-13(4-5-13)6-7-16/h10-11,15-16H,4-9H2,1-3H3,(H,14,17). The third-order valence-corrected chi connectivity index (χ3v) is 4.33. The number of hydrogen-bond donors (Lipinski definition) is 3. The van der Waals surface area contributed by atoms with Gasteiger partial charge in [0.2, 0.25) is 15.9 Å². The molecule has 0 bridgehead atoms. The summed E-state index contributed by atoms with van der Waals surface area (Å²) in [6, 6.07) is -0.727. The number of carbonyl (C=O) groups is 1. The third kappa shape index (κ3) is 6.19. The van der Waals surface area contributed by atoms with Crippen molar-refractivity contribution >= 4 is 15.9 Å². The summed E-state index contributed by atoms with van der Waals surface area (Å²) >= 11 is 0. The van der Waals surface area contributed by atoms with Gasteiger partial charge < -0.3 is 10.4 Å². The summed E-state index contributed by atoms with van der Waals surface area (Å²) < 4.78 is 25.0. The first-order valence-electron chi connectivity index (χ1n) is 7.03. The molecule has 1 fully saturated rings. The molecule has 0 radical (unpaired) electrons. The van der Waals surface area contributed by atoms with Crippen LogP contribution in [-0.4, -0.2) is 44.9 Å². The molecular formula is C13H26N2O4S. The fourth-order valence-corrected chi connectivity index (χ4v) is 2.99. The number of hydrogen-bond acceptors (Lipinski definition) is 4. The van der Waals surface area contributed by atoms with E-state index in [0.717, 1.165) is 19.1 Å². The predicted octanol–water partition coefficient (Wildman–Crippen LogP) is 0.229. The van der Waals surface area contributed by atoms with Crippen LogP contribution in [0.5, 0.6) is 0 Å². The molecule has 1 unspecified atom stereocenters. The zero-order valence-corrected chi connectivity index (χ0v) is 13.3. The van der Waals surface area contributed by atoms with Gasteiger partial charge in [0.25, 0.3) is 0 Å². The number of aliphatic hydroxyl groups is 1. The smallest absolute Gasteiger partial charge is 0.238 e. The minimum Gasteiger partial charge on any atom is -0.396 e. The zero-order chi connectivity index (χ0) is 15.4. The summed E-state index contributed by atoms with van der Waals surface area (Å²) in [6.07, 6.45) is 4.21. The molecule has 1 rings (SSSR count). The molecule has 3 N–H and O–H groups in total. The van der Waals surface area contributed by atoms with E-state index >= 15 is 0 Å². The van der Waals surface area contributed by atoms with Crippen LogP contribution in [0.25, 0.3) is 0 Å². The van der Waals surface area contributed by atoms with E-state index < -0.39 is 16.1 Å². The average Bonchev–Trinajstić information content (AvgIpc) is 3.03. The van der Waals surface area contributed by atoms with Crippen molar-refractivity contribution < 1.29 is 18.3 Å². The topological polar surface area (TPSA) is 95.5 Å². The van der Waals surface area contributed by atoms with E-state index in [1.807, 2.05) is 13.8 Å². The molecular weight excluding hydrogens is 280 g/mol. The molecule has 0 saturated heterocycles. The molecule has 1 aliphatic carbocycles. The summed E-state index contributed by atoms with van der Waals surface area (Å²) in [7, 11) is -3.41. The lowest BCUT2D eigenvalue weighted by Gasteiger charge is -2.21. The van der Waals surface area contributed by atoms with Gasteiger partial charge in [0.1, 0.15) is 6.04 Å². The summed E-state index contributed by atoms with van der Waals surface area (Å²) in [5.41, 5.74) is 0.0257. The monoisotopic (exact) mass is 306 g/mol. The van der Waals surface area contributed by atoms with Crippen molar-refractivity contribution in [1.82, 2.24) is 10.0 Å². The Morgan fingerprint density at radius 2 is 1.95 bits per heavy atom. The Balaban J connectivity index is 2.55. The van der Waals surface area contributed by atoms with E-state index in [1.165, 1.54) is 0 Å². The van der Waals surface area contributed by atoms with E-state index in [-0.39, 0.29) is 23.8 Å². The molecule has 0 spiro atoms. The fourth-order valence-electron chi connectivity index (χ4n) is 2.27. The quantitative estimate of drug-likeness (QED) is 0.568. The van der Waals surface area contributed by atoms with Crippen LogP contribution >= 0.6 is 0 Å². The molecule has 7 heteroatoms. The summed E-state index contributed by atoms with van der Waals surface area (Å²) in [4.78, 5) is 12.1. The lowest BCUT2D eigenvalue weighted by atomic mass is 10.0. The number of sulfonamides is 1. The zero-order valence-electron chi connectivity index (χ0n) is 12.5. The first-order valence-corrected chi connectivity index (χ1v) is 8.92. The highest BCUT2D eigenvalue weighted by Gasteiger charge is 2.42. The van der Waals surface area contributed by atoms with Gasteiger partial charge >= 0.3 is 0 Å². The second kappa shape index (κ2) is 6.87. The molecule has 118 valence electrons. The van der Waals surface area contributed by atoms with Crippen LogP contribution in [0.1, 0.15) is 39.5 Å². The van der Waals surface area contributed by atoms with Gasteiger partial charge in [0, 0.05) is 13.2 Å². The highest BCUT2D eigenvalue weighted by molar-refractivity contribution is 7.88. The second-order valence-corrected chi connectivity index (χ2v) is 8.04. The molecule has 1 saturated carbocycles. The number of nitrogens with one attached hydrogen (secondary N) is 2. The van der Waals surface area contributed by atoms with Crippen molar-refractivity contribution in [3.8, 4) is 0 Å². The number of aliphatic hydroxyl groups excluding tert-OH is 1. The molecule has 1 atom stereocenters. The van der Waals surface area contributed by atoms with Crippen LogP contribution in [0, 0.1) is 11.3 Å². The van der Waals surface area contributed by atoms with Crippen LogP contribution in [-0.2, 0) is 14.8 Å². The van der Waals surface area contributed by atoms with E-state index in [4.69, 9.17) is 5.11 Å². The Hall–Kier alpha value is -0.660. The Bertz CT molecular complexity index is 430. The van der Waals surface area contributed by atoms with Gasteiger partial charge in [0.05, 0.1) is 6.26 Å². The van der Waals surface area contributed by atoms with Gasteiger partial charge in [-0.1, -0.05) is 13.8 Å².